The van der Waals surface area contributed by atoms with Gasteiger partial charge in [0.2, 0.25) is 0 Å². The van der Waals surface area contributed by atoms with Crippen molar-refractivity contribution in [1.29, 1.82) is 0 Å². The molecule has 0 amide bonds. The van der Waals surface area contributed by atoms with Crippen LogP contribution >= 0.6 is 0 Å². The number of nitro benzene ring substituents is 1. The Hall–Kier alpha value is -2.43. The van der Waals surface area contributed by atoms with E-state index in [2.05, 4.69) is 4.98 Å². The Bertz CT molecular complexity index is 632. The van der Waals surface area contributed by atoms with Crippen molar-refractivity contribution >= 4 is 5.69 Å². The number of aromatic amines is 1. The molecule has 0 aliphatic rings. The Morgan fingerprint density at radius 2 is 2.00 bits per heavy atom. The van der Waals surface area contributed by atoms with E-state index in [0.717, 1.165) is 0 Å². The standard InChI is InChI=1S/C12H10N2O3/c1-8-7-9(14(16)17)4-5-10(8)11-3-2-6-13-12(11)15/h2-7H,1H3,(H,13,15). The number of pyridine rings is 1. The molecule has 0 bridgehead atoms. The van der Waals surface area contributed by atoms with Crippen LogP contribution in [0.25, 0.3) is 11.1 Å². The third-order valence-corrected chi connectivity index (χ3v) is 2.53. The number of hydrogen-bond acceptors (Lipinski definition) is 3. The van der Waals surface area contributed by atoms with Crippen molar-refractivity contribution in [3.05, 3.63) is 62.6 Å². The summed E-state index contributed by atoms with van der Waals surface area (Å²) in [5.41, 5.74) is 1.75. The largest absolute Gasteiger partial charge is 0.329 e. The topological polar surface area (TPSA) is 76.0 Å². The molecule has 0 fully saturated rings. The van der Waals surface area contributed by atoms with Crippen molar-refractivity contribution in [3.63, 3.8) is 0 Å². The van der Waals surface area contributed by atoms with Crippen LogP contribution in [0.2, 0.25) is 0 Å². The molecule has 0 radical (unpaired) electrons. The van der Waals surface area contributed by atoms with Gasteiger partial charge in [-0.15, -0.1) is 0 Å². The number of non-ortho nitro benzene ring substituents is 1. The molecule has 0 aliphatic carbocycles. The quantitative estimate of drug-likeness (QED) is 0.635. The average Bonchev–Trinajstić information content (AvgIpc) is 2.30. The predicted octanol–water partition coefficient (Wildman–Crippen LogP) is 2.26. The van der Waals surface area contributed by atoms with Gasteiger partial charge in [-0.3, -0.25) is 14.9 Å². The van der Waals surface area contributed by atoms with Crippen molar-refractivity contribution in [2.75, 3.05) is 0 Å². The first-order chi connectivity index (χ1) is 8.09. The van der Waals surface area contributed by atoms with E-state index in [1.165, 1.54) is 12.1 Å². The fourth-order valence-corrected chi connectivity index (χ4v) is 1.70. The lowest BCUT2D eigenvalue weighted by molar-refractivity contribution is -0.384. The number of nitrogens with zero attached hydrogens (tertiary/aromatic N) is 1. The summed E-state index contributed by atoms with van der Waals surface area (Å²) in [5.74, 6) is 0. The maximum Gasteiger partial charge on any atom is 0.269 e. The molecule has 0 saturated carbocycles. The van der Waals surface area contributed by atoms with Gasteiger partial charge < -0.3 is 4.98 Å². The molecule has 1 heterocycles. The van der Waals surface area contributed by atoms with Crippen molar-refractivity contribution in [1.82, 2.24) is 4.98 Å². The molecule has 2 aromatic rings. The summed E-state index contributed by atoms with van der Waals surface area (Å²) in [7, 11) is 0. The first-order valence-electron chi connectivity index (χ1n) is 5.02. The Kier molecular flexibility index (Phi) is 2.74. The van der Waals surface area contributed by atoms with Crippen LogP contribution in [0, 0.1) is 17.0 Å². The first kappa shape index (κ1) is 11.1. The normalized spacial score (nSPS) is 10.2. The maximum absolute atomic E-state index is 11.6. The Morgan fingerprint density at radius 1 is 1.24 bits per heavy atom. The average molecular weight is 230 g/mol. The summed E-state index contributed by atoms with van der Waals surface area (Å²) < 4.78 is 0. The predicted molar refractivity (Wildman–Crippen MR) is 63.9 cm³/mol. The van der Waals surface area contributed by atoms with Crippen molar-refractivity contribution in [2.24, 2.45) is 0 Å². The highest BCUT2D eigenvalue weighted by atomic mass is 16.6. The minimum atomic E-state index is -0.452. The number of nitrogens with one attached hydrogen (secondary N) is 1. The van der Waals surface area contributed by atoms with Gasteiger partial charge in [0.1, 0.15) is 0 Å². The van der Waals surface area contributed by atoms with E-state index in [9.17, 15) is 14.9 Å². The molecule has 2 rings (SSSR count). The highest BCUT2D eigenvalue weighted by Crippen LogP contribution is 2.24. The lowest BCUT2D eigenvalue weighted by Crippen LogP contribution is -2.07. The number of hydrogen-bond donors (Lipinski definition) is 1. The second-order valence-corrected chi connectivity index (χ2v) is 3.67. The monoisotopic (exact) mass is 230 g/mol. The molecular formula is C12H10N2O3. The minimum Gasteiger partial charge on any atom is -0.329 e. The van der Waals surface area contributed by atoms with Crippen molar-refractivity contribution in [2.45, 2.75) is 6.92 Å². The number of aryl methyl sites for hydroxylation is 1. The van der Waals surface area contributed by atoms with E-state index in [1.54, 1.807) is 31.3 Å². The minimum absolute atomic E-state index is 0.0265. The van der Waals surface area contributed by atoms with Gasteiger partial charge in [-0.2, -0.15) is 0 Å². The molecule has 0 aliphatic heterocycles. The second kappa shape index (κ2) is 4.21. The second-order valence-electron chi connectivity index (χ2n) is 3.67. The number of benzene rings is 1. The molecule has 1 N–H and O–H groups in total. The molecule has 86 valence electrons. The van der Waals surface area contributed by atoms with Gasteiger partial charge in [0, 0.05) is 23.9 Å². The van der Waals surface area contributed by atoms with Crippen molar-refractivity contribution < 1.29 is 4.92 Å². The highest BCUT2D eigenvalue weighted by molar-refractivity contribution is 5.67. The van der Waals surface area contributed by atoms with E-state index in [4.69, 9.17) is 0 Å². The number of nitro groups is 1. The Labute approximate surface area is 96.9 Å². The molecule has 0 spiro atoms. The zero-order valence-corrected chi connectivity index (χ0v) is 9.14. The molecule has 0 saturated heterocycles. The lowest BCUT2D eigenvalue weighted by Gasteiger charge is -2.04. The fourth-order valence-electron chi connectivity index (χ4n) is 1.70. The molecule has 1 aromatic carbocycles. The van der Waals surface area contributed by atoms with Gasteiger partial charge in [0.05, 0.1) is 4.92 Å². The molecule has 5 nitrogen and oxygen atoms in total. The maximum atomic E-state index is 11.6. The van der Waals surface area contributed by atoms with Gasteiger partial charge in [-0.1, -0.05) is 0 Å². The summed E-state index contributed by atoms with van der Waals surface area (Å²) in [5, 5.41) is 10.6. The van der Waals surface area contributed by atoms with Crippen LogP contribution in [-0.2, 0) is 0 Å². The molecule has 17 heavy (non-hydrogen) atoms. The van der Waals surface area contributed by atoms with E-state index >= 15 is 0 Å². The van der Waals surface area contributed by atoms with Crippen molar-refractivity contribution in [3.8, 4) is 11.1 Å². The van der Waals surface area contributed by atoms with Crippen LogP contribution in [0.3, 0.4) is 0 Å². The Morgan fingerprint density at radius 3 is 2.59 bits per heavy atom. The first-order valence-corrected chi connectivity index (χ1v) is 5.02. The number of rotatable bonds is 2. The van der Waals surface area contributed by atoms with E-state index < -0.39 is 4.92 Å². The van der Waals surface area contributed by atoms with Crippen LogP contribution in [0.5, 0.6) is 0 Å². The van der Waals surface area contributed by atoms with Crippen LogP contribution in [-0.4, -0.2) is 9.91 Å². The smallest absolute Gasteiger partial charge is 0.269 e. The summed E-state index contributed by atoms with van der Waals surface area (Å²) in [6, 6.07) is 7.86. The van der Waals surface area contributed by atoms with E-state index in [0.29, 0.717) is 16.7 Å². The lowest BCUT2D eigenvalue weighted by atomic mass is 10.0. The third kappa shape index (κ3) is 2.08. The number of aromatic nitrogens is 1. The van der Waals surface area contributed by atoms with Crippen LogP contribution in [0.4, 0.5) is 5.69 Å². The summed E-state index contributed by atoms with van der Waals surface area (Å²) in [4.78, 5) is 24.3. The summed E-state index contributed by atoms with van der Waals surface area (Å²) >= 11 is 0. The van der Waals surface area contributed by atoms with E-state index in [1.807, 2.05) is 0 Å². The molecular weight excluding hydrogens is 220 g/mol. The molecule has 1 aromatic heterocycles. The van der Waals surface area contributed by atoms with Gasteiger partial charge in [0.15, 0.2) is 0 Å². The van der Waals surface area contributed by atoms with Gasteiger partial charge >= 0.3 is 0 Å². The van der Waals surface area contributed by atoms with Gasteiger partial charge in [0.25, 0.3) is 11.2 Å². The molecule has 0 atom stereocenters. The summed E-state index contributed by atoms with van der Waals surface area (Å²) in [6.07, 6.45) is 1.55. The van der Waals surface area contributed by atoms with Gasteiger partial charge in [-0.25, -0.2) is 0 Å². The third-order valence-electron chi connectivity index (χ3n) is 2.53. The Balaban J connectivity index is 2.59. The van der Waals surface area contributed by atoms with Crippen LogP contribution in [0.1, 0.15) is 5.56 Å². The number of H-pyrrole nitrogens is 1. The summed E-state index contributed by atoms with van der Waals surface area (Å²) in [6.45, 7) is 1.74. The zero-order chi connectivity index (χ0) is 12.4. The molecule has 5 heteroatoms. The zero-order valence-electron chi connectivity index (χ0n) is 9.14. The van der Waals surface area contributed by atoms with Gasteiger partial charge in [-0.05, 0) is 36.2 Å². The van der Waals surface area contributed by atoms with Crippen LogP contribution in [0.15, 0.2) is 41.3 Å². The fraction of sp³-hybridized carbons (Fsp3) is 0.0833. The molecule has 0 unspecified atom stereocenters. The highest BCUT2D eigenvalue weighted by Gasteiger charge is 2.10. The van der Waals surface area contributed by atoms with Crippen LogP contribution < -0.4 is 5.56 Å². The van der Waals surface area contributed by atoms with E-state index in [-0.39, 0.29) is 11.2 Å². The SMILES string of the molecule is Cc1cc([N+](=O)[O-])ccc1-c1ccc[nH]c1=O.